The van der Waals surface area contributed by atoms with E-state index in [9.17, 15) is 9.59 Å². The molecule has 0 atom stereocenters. The SMILES string of the molecule is Cc1nn(-c2nc3ccsc3c(=O)[nH]2)c(C)c1C(=O)N1CCc2ccccc2C1. The highest BCUT2D eigenvalue weighted by Crippen LogP contribution is 2.24. The van der Waals surface area contributed by atoms with Crippen molar-refractivity contribution in [1.82, 2.24) is 24.6 Å². The van der Waals surface area contributed by atoms with Gasteiger partial charge in [0.15, 0.2) is 0 Å². The van der Waals surface area contributed by atoms with Crippen LogP contribution in [0.2, 0.25) is 0 Å². The molecule has 0 radical (unpaired) electrons. The fourth-order valence-corrected chi connectivity index (χ4v) is 4.67. The van der Waals surface area contributed by atoms with Crippen LogP contribution in [0, 0.1) is 13.8 Å². The number of aromatic nitrogens is 4. The van der Waals surface area contributed by atoms with Crippen molar-refractivity contribution in [2.24, 2.45) is 0 Å². The van der Waals surface area contributed by atoms with E-state index in [1.807, 2.05) is 42.3 Å². The molecule has 0 saturated heterocycles. The summed E-state index contributed by atoms with van der Waals surface area (Å²) in [6.45, 7) is 4.92. The van der Waals surface area contributed by atoms with E-state index in [0.29, 0.717) is 46.2 Å². The molecule has 5 rings (SSSR count). The summed E-state index contributed by atoms with van der Waals surface area (Å²) in [5.41, 5.74) is 4.77. The Hall–Kier alpha value is -3.26. The first-order chi connectivity index (χ1) is 14.0. The summed E-state index contributed by atoms with van der Waals surface area (Å²) >= 11 is 1.35. The molecular weight excluding hydrogens is 386 g/mol. The Balaban J connectivity index is 1.53. The van der Waals surface area contributed by atoms with E-state index >= 15 is 0 Å². The van der Waals surface area contributed by atoms with Gasteiger partial charge in [-0.3, -0.25) is 14.6 Å². The van der Waals surface area contributed by atoms with Crippen molar-refractivity contribution in [3.8, 4) is 5.95 Å². The number of aromatic amines is 1. The first kappa shape index (κ1) is 17.8. The minimum absolute atomic E-state index is 0.0419. The van der Waals surface area contributed by atoms with Gasteiger partial charge in [0.25, 0.3) is 11.5 Å². The van der Waals surface area contributed by atoms with Gasteiger partial charge in [0.2, 0.25) is 5.95 Å². The maximum absolute atomic E-state index is 13.3. The van der Waals surface area contributed by atoms with E-state index in [1.165, 1.54) is 22.5 Å². The fraction of sp³-hybridized carbons (Fsp3) is 0.238. The lowest BCUT2D eigenvalue weighted by molar-refractivity contribution is 0.0733. The number of fused-ring (bicyclic) bond motifs is 2. The van der Waals surface area contributed by atoms with E-state index in [0.717, 1.165) is 6.42 Å². The number of aryl methyl sites for hydroxylation is 1. The van der Waals surface area contributed by atoms with Crippen LogP contribution in [-0.2, 0) is 13.0 Å². The Kier molecular flexibility index (Phi) is 4.09. The number of H-pyrrole nitrogens is 1. The molecule has 4 aromatic rings. The number of benzene rings is 1. The van der Waals surface area contributed by atoms with E-state index < -0.39 is 0 Å². The van der Waals surface area contributed by atoms with Crippen molar-refractivity contribution in [3.63, 3.8) is 0 Å². The molecule has 1 N–H and O–H groups in total. The van der Waals surface area contributed by atoms with Crippen LogP contribution >= 0.6 is 11.3 Å². The number of nitrogens with zero attached hydrogens (tertiary/aromatic N) is 4. The minimum Gasteiger partial charge on any atom is -0.334 e. The second-order valence-corrected chi connectivity index (χ2v) is 8.14. The Bertz CT molecular complexity index is 1320. The van der Waals surface area contributed by atoms with Gasteiger partial charge in [0.1, 0.15) is 4.70 Å². The highest BCUT2D eigenvalue weighted by Gasteiger charge is 2.27. The molecule has 0 unspecified atom stereocenters. The number of nitrogens with one attached hydrogen (secondary N) is 1. The van der Waals surface area contributed by atoms with Crippen molar-refractivity contribution in [2.45, 2.75) is 26.8 Å². The number of hydrogen-bond donors (Lipinski definition) is 1. The van der Waals surface area contributed by atoms with Crippen LogP contribution in [0.25, 0.3) is 16.2 Å². The first-order valence-corrected chi connectivity index (χ1v) is 10.3. The van der Waals surface area contributed by atoms with Gasteiger partial charge >= 0.3 is 0 Å². The highest BCUT2D eigenvalue weighted by molar-refractivity contribution is 7.17. The summed E-state index contributed by atoms with van der Waals surface area (Å²) in [5.74, 6) is 0.282. The topological polar surface area (TPSA) is 83.9 Å². The Morgan fingerprint density at radius 2 is 1.97 bits per heavy atom. The van der Waals surface area contributed by atoms with Gasteiger partial charge in [-0.15, -0.1) is 11.3 Å². The summed E-state index contributed by atoms with van der Waals surface area (Å²) in [4.78, 5) is 34.8. The molecule has 0 aliphatic carbocycles. The quantitative estimate of drug-likeness (QED) is 0.556. The van der Waals surface area contributed by atoms with Crippen LogP contribution in [0.15, 0.2) is 40.5 Å². The minimum atomic E-state index is -0.201. The zero-order valence-electron chi connectivity index (χ0n) is 16.1. The van der Waals surface area contributed by atoms with Gasteiger partial charge in [-0.2, -0.15) is 5.10 Å². The molecule has 0 spiro atoms. The molecule has 29 heavy (non-hydrogen) atoms. The van der Waals surface area contributed by atoms with Crippen LogP contribution in [-0.4, -0.2) is 37.1 Å². The van der Waals surface area contributed by atoms with Gasteiger partial charge in [-0.25, -0.2) is 9.67 Å². The largest absolute Gasteiger partial charge is 0.334 e. The standard InChI is InChI=1S/C21H19N5O2S/c1-12-17(20(28)25-9-7-14-5-3-4-6-15(14)11-25)13(2)26(24-12)21-22-16-8-10-29-18(16)19(27)23-21/h3-6,8,10H,7,9,11H2,1-2H3,(H,22,23,27). The summed E-state index contributed by atoms with van der Waals surface area (Å²) in [7, 11) is 0. The fourth-order valence-electron chi connectivity index (χ4n) is 3.95. The van der Waals surface area contributed by atoms with Crippen LogP contribution < -0.4 is 5.56 Å². The maximum Gasteiger partial charge on any atom is 0.270 e. The van der Waals surface area contributed by atoms with Crippen molar-refractivity contribution >= 4 is 27.5 Å². The van der Waals surface area contributed by atoms with Crippen molar-refractivity contribution in [3.05, 3.63) is 74.1 Å². The van der Waals surface area contributed by atoms with Crippen LogP contribution in [0.5, 0.6) is 0 Å². The first-order valence-electron chi connectivity index (χ1n) is 9.43. The lowest BCUT2D eigenvalue weighted by Gasteiger charge is -2.29. The summed E-state index contributed by atoms with van der Waals surface area (Å²) in [6, 6.07) is 10.0. The predicted octanol–water partition coefficient (Wildman–Crippen LogP) is 2.99. The second-order valence-electron chi connectivity index (χ2n) is 7.23. The molecule has 1 aliphatic heterocycles. The number of thiophene rings is 1. The second kappa shape index (κ2) is 6.66. The van der Waals surface area contributed by atoms with E-state index in [-0.39, 0.29) is 11.5 Å². The van der Waals surface area contributed by atoms with Crippen molar-refractivity contribution < 1.29 is 4.79 Å². The third kappa shape index (κ3) is 2.87. The van der Waals surface area contributed by atoms with Crippen LogP contribution in [0.3, 0.4) is 0 Å². The van der Waals surface area contributed by atoms with Gasteiger partial charge < -0.3 is 4.90 Å². The Morgan fingerprint density at radius 1 is 1.17 bits per heavy atom. The molecule has 1 aliphatic rings. The third-order valence-electron chi connectivity index (χ3n) is 5.43. The van der Waals surface area contributed by atoms with Gasteiger partial charge in [0.05, 0.1) is 22.5 Å². The molecule has 1 aromatic carbocycles. The van der Waals surface area contributed by atoms with E-state index in [1.54, 1.807) is 4.68 Å². The summed E-state index contributed by atoms with van der Waals surface area (Å²) in [6.07, 6.45) is 0.845. The molecule has 8 heteroatoms. The lowest BCUT2D eigenvalue weighted by Crippen LogP contribution is -2.36. The van der Waals surface area contributed by atoms with Gasteiger partial charge in [-0.05, 0) is 42.8 Å². The molecular formula is C21H19N5O2S. The zero-order chi connectivity index (χ0) is 20.1. The number of amides is 1. The smallest absolute Gasteiger partial charge is 0.270 e. The number of hydrogen-bond acceptors (Lipinski definition) is 5. The highest BCUT2D eigenvalue weighted by atomic mass is 32.1. The number of carbonyl (C=O) groups is 1. The molecule has 3 aromatic heterocycles. The van der Waals surface area contributed by atoms with Crippen LogP contribution in [0.4, 0.5) is 0 Å². The molecule has 0 fully saturated rings. The zero-order valence-corrected chi connectivity index (χ0v) is 16.9. The van der Waals surface area contributed by atoms with E-state index in [4.69, 9.17) is 0 Å². The average Bonchev–Trinajstić information content (AvgIpc) is 3.31. The molecule has 0 bridgehead atoms. The van der Waals surface area contributed by atoms with Crippen molar-refractivity contribution in [1.29, 1.82) is 0 Å². The monoisotopic (exact) mass is 405 g/mol. The molecule has 0 saturated carbocycles. The Labute approximate surface area is 170 Å². The van der Waals surface area contributed by atoms with E-state index in [2.05, 4.69) is 27.2 Å². The summed E-state index contributed by atoms with van der Waals surface area (Å²) in [5, 5.41) is 6.35. The molecule has 7 nitrogen and oxygen atoms in total. The molecule has 4 heterocycles. The normalized spacial score (nSPS) is 13.7. The third-order valence-corrected chi connectivity index (χ3v) is 6.33. The average molecular weight is 405 g/mol. The van der Waals surface area contributed by atoms with Gasteiger partial charge in [-0.1, -0.05) is 24.3 Å². The Morgan fingerprint density at radius 3 is 2.79 bits per heavy atom. The van der Waals surface area contributed by atoms with Crippen LogP contribution in [0.1, 0.15) is 32.9 Å². The van der Waals surface area contributed by atoms with Gasteiger partial charge in [0, 0.05) is 13.1 Å². The lowest BCUT2D eigenvalue weighted by atomic mass is 9.99. The predicted molar refractivity (Wildman–Crippen MR) is 112 cm³/mol. The number of carbonyl (C=O) groups excluding carboxylic acids is 1. The summed E-state index contributed by atoms with van der Waals surface area (Å²) < 4.78 is 2.14. The maximum atomic E-state index is 13.3. The number of rotatable bonds is 2. The molecule has 146 valence electrons. The van der Waals surface area contributed by atoms with Crippen molar-refractivity contribution in [2.75, 3.05) is 6.54 Å². The molecule has 1 amide bonds.